The lowest BCUT2D eigenvalue weighted by Crippen LogP contribution is -2.23. The number of carbonyl (C=O) groups excluding carboxylic acids is 1. The van der Waals surface area contributed by atoms with Crippen molar-refractivity contribution in [1.29, 1.82) is 0 Å². The average molecular weight is 379 g/mol. The molecule has 25 heavy (non-hydrogen) atoms. The molecule has 1 amide bonds. The maximum absolute atomic E-state index is 13.2. The van der Waals surface area contributed by atoms with Crippen LogP contribution in [0, 0.1) is 5.82 Å². The molecule has 2 aromatic heterocycles. The van der Waals surface area contributed by atoms with Gasteiger partial charge in [-0.3, -0.25) is 14.9 Å². The summed E-state index contributed by atoms with van der Waals surface area (Å²) in [6.07, 6.45) is 2.15. The van der Waals surface area contributed by atoms with Crippen molar-refractivity contribution in [2.24, 2.45) is 7.05 Å². The van der Waals surface area contributed by atoms with Crippen LogP contribution >= 0.6 is 22.9 Å². The molecule has 128 valence electrons. The van der Waals surface area contributed by atoms with E-state index < -0.39 is 11.7 Å². The number of anilines is 1. The lowest BCUT2D eigenvalue weighted by atomic mass is 10.1. The topological polar surface area (TPSA) is 76.9 Å². The first-order valence-corrected chi connectivity index (χ1v) is 8.36. The summed E-state index contributed by atoms with van der Waals surface area (Å²) < 4.78 is 14.3. The van der Waals surface area contributed by atoms with E-state index in [4.69, 9.17) is 11.6 Å². The van der Waals surface area contributed by atoms with E-state index in [1.54, 1.807) is 18.3 Å². The van der Waals surface area contributed by atoms with E-state index in [-0.39, 0.29) is 16.3 Å². The number of halogens is 2. The van der Waals surface area contributed by atoms with E-state index >= 15 is 0 Å². The van der Waals surface area contributed by atoms with Crippen molar-refractivity contribution in [3.05, 3.63) is 73.9 Å². The molecule has 0 aliphatic heterocycles. The van der Waals surface area contributed by atoms with Gasteiger partial charge in [-0.15, -0.1) is 11.3 Å². The predicted octanol–water partition coefficient (Wildman–Crippen LogP) is 2.87. The molecule has 0 atom stereocenters. The molecule has 9 heteroatoms. The molecule has 0 bridgehead atoms. The lowest BCUT2D eigenvalue weighted by Gasteiger charge is -2.02. The van der Waals surface area contributed by atoms with Crippen LogP contribution in [0.5, 0.6) is 0 Å². The van der Waals surface area contributed by atoms with Crippen LogP contribution in [-0.4, -0.2) is 20.7 Å². The summed E-state index contributed by atoms with van der Waals surface area (Å²) in [5.41, 5.74) is 0.655. The standard InChI is InChI=1S/C16H12ClFN4O2S/c1-22-14(23)5-4-13(21-22)15(24)20-16-19-8-10(25-16)6-9-2-3-12(18)11(17)7-9/h2-5,7-8H,6H2,1H3,(H,19,20,24). The fraction of sp³-hybridized carbons (Fsp3) is 0.125. The Labute approximate surface area is 150 Å². The van der Waals surface area contributed by atoms with Gasteiger partial charge in [-0.2, -0.15) is 5.10 Å². The van der Waals surface area contributed by atoms with Crippen LogP contribution in [0.3, 0.4) is 0 Å². The van der Waals surface area contributed by atoms with Gasteiger partial charge in [-0.05, 0) is 23.8 Å². The summed E-state index contributed by atoms with van der Waals surface area (Å²) in [5, 5.41) is 6.99. The maximum atomic E-state index is 13.2. The summed E-state index contributed by atoms with van der Waals surface area (Å²) in [4.78, 5) is 28.5. The van der Waals surface area contributed by atoms with Crippen LogP contribution in [0.4, 0.5) is 9.52 Å². The van der Waals surface area contributed by atoms with Gasteiger partial charge in [0.25, 0.3) is 11.5 Å². The number of hydrogen-bond donors (Lipinski definition) is 1. The number of hydrogen-bond acceptors (Lipinski definition) is 5. The molecule has 3 rings (SSSR count). The van der Waals surface area contributed by atoms with Crippen LogP contribution in [0.25, 0.3) is 0 Å². The van der Waals surface area contributed by atoms with E-state index in [0.29, 0.717) is 11.6 Å². The van der Waals surface area contributed by atoms with Crippen LogP contribution < -0.4 is 10.9 Å². The fourth-order valence-corrected chi connectivity index (χ4v) is 3.13. The quantitative estimate of drug-likeness (QED) is 0.757. The zero-order valence-electron chi connectivity index (χ0n) is 13.0. The van der Waals surface area contributed by atoms with Crippen molar-refractivity contribution in [3.8, 4) is 0 Å². The molecular formula is C16H12ClFN4O2S. The normalized spacial score (nSPS) is 10.7. The Morgan fingerprint density at radius 1 is 1.36 bits per heavy atom. The highest BCUT2D eigenvalue weighted by Gasteiger charge is 2.12. The molecular weight excluding hydrogens is 367 g/mol. The fourth-order valence-electron chi connectivity index (χ4n) is 2.08. The first kappa shape index (κ1) is 17.2. The van der Waals surface area contributed by atoms with Gasteiger partial charge in [0, 0.05) is 30.6 Å². The van der Waals surface area contributed by atoms with E-state index in [1.165, 1.54) is 36.6 Å². The number of rotatable bonds is 4. The largest absolute Gasteiger partial charge is 0.296 e. The minimum atomic E-state index is -0.465. The summed E-state index contributed by atoms with van der Waals surface area (Å²) >= 11 is 7.06. The summed E-state index contributed by atoms with van der Waals surface area (Å²) in [6, 6.07) is 7.14. The highest BCUT2D eigenvalue weighted by atomic mass is 35.5. The molecule has 6 nitrogen and oxygen atoms in total. The van der Waals surface area contributed by atoms with Crippen molar-refractivity contribution in [2.75, 3.05) is 5.32 Å². The van der Waals surface area contributed by atoms with Gasteiger partial charge in [0.15, 0.2) is 5.13 Å². The highest BCUT2D eigenvalue weighted by Crippen LogP contribution is 2.23. The Hall–Kier alpha value is -2.58. The molecule has 0 unspecified atom stereocenters. The SMILES string of the molecule is Cn1nc(C(=O)Nc2ncc(Cc3ccc(F)c(Cl)c3)s2)ccc1=O. The molecule has 0 spiro atoms. The van der Waals surface area contributed by atoms with E-state index in [2.05, 4.69) is 15.4 Å². The van der Waals surface area contributed by atoms with Gasteiger partial charge in [0.2, 0.25) is 0 Å². The number of nitrogens with one attached hydrogen (secondary N) is 1. The number of thiazole rings is 1. The lowest BCUT2D eigenvalue weighted by molar-refractivity contribution is 0.102. The average Bonchev–Trinajstić information content (AvgIpc) is 3.00. The summed E-state index contributed by atoms with van der Waals surface area (Å²) in [6.45, 7) is 0. The van der Waals surface area contributed by atoms with Gasteiger partial charge in [-0.1, -0.05) is 17.7 Å². The van der Waals surface area contributed by atoms with Crippen molar-refractivity contribution in [1.82, 2.24) is 14.8 Å². The minimum absolute atomic E-state index is 0.0660. The second-order valence-corrected chi connectivity index (χ2v) is 6.71. The van der Waals surface area contributed by atoms with Crippen LogP contribution in [-0.2, 0) is 13.5 Å². The Morgan fingerprint density at radius 2 is 2.16 bits per heavy atom. The maximum Gasteiger partial charge on any atom is 0.277 e. The zero-order valence-corrected chi connectivity index (χ0v) is 14.6. The number of carbonyl (C=O) groups is 1. The second-order valence-electron chi connectivity index (χ2n) is 5.19. The molecule has 2 heterocycles. The van der Waals surface area contributed by atoms with Crippen molar-refractivity contribution in [2.45, 2.75) is 6.42 Å². The molecule has 1 N–H and O–H groups in total. The molecule has 0 saturated heterocycles. The van der Waals surface area contributed by atoms with Crippen LogP contribution in [0.1, 0.15) is 20.9 Å². The van der Waals surface area contributed by atoms with Gasteiger partial charge in [0.1, 0.15) is 11.5 Å². The number of aryl methyl sites for hydroxylation is 1. The third-order valence-corrected chi connectivity index (χ3v) is 4.53. The number of aromatic nitrogens is 3. The summed E-state index contributed by atoms with van der Waals surface area (Å²) in [7, 11) is 1.47. The Morgan fingerprint density at radius 3 is 2.88 bits per heavy atom. The van der Waals surface area contributed by atoms with Gasteiger partial charge in [-0.25, -0.2) is 14.1 Å². The third-order valence-electron chi connectivity index (χ3n) is 3.33. The van der Waals surface area contributed by atoms with E-state index in [9.17, 15) is 14.0 Å². The van der Waals surface area contributed by atoms with E-state index in [0.717, 1.165) is 15.1 Å². The molecule has 3 aromatic rings. The Bertz CT molecular complexity index is 1000. The smallest absolute Gasteiger partial charge is 0.277 e. The third kappa shape index (κ3) is 4.09. The van der Waals surface area contributed by atoms with Crippen molar-refractivity contribution < 1.29 is 9.18 Å². The Kier molecular flexibility index (Phi) is 4.91. The van der Waals surface area contributed by atoms with Gasteiger partial charge >= 0.3 is 0 Å². The zero-order chi connectivity index (χ0) is 18.0. The first-order chi connectivity index (χ1) is 11.9. The minimum Gasteiger partial charge on any atom is -0.296 e. The van der Waals surface area contributed by atoms with Gasteiger partial charge < -0.3 is 0 Å². The molecule has 1 aromatic carbocycles. The predicted molar refractivity (Wildman–Crippen MR) is 93.8 cm³/mol. The monoisotopic (exact) mass is 378 g/mol. The highest BCUT2D eigenvalue weighted by molar-refractivity contribution is 7.15. The number of nitrogens with zero attached hydrogens (tertiary/aromatic N) is 3. The van der Waals surface area contributed by atoms with Crippen molar-refractivity contribution in [3.63, 3.8) is 0 Å². The molecule has 0 radical (unpaired) electrons. The molecule has 0 aliphatic carbocycles. The van der Waals surface area contributed by atoms with Crippen LogP contribution in [0.15, 0.2) is 41.3 Å². The molecule has 0 aliphatic rings. The Balaban J connectivity index is 1.70. The van der Waals surface area contributed by atoms with Crippen molar-refractivity contribution >= 4 is 34.0 Å². The second kappa shape index (κ2) is 7.12. The van der Waals surface area contributed by atoms with Gasteiger partial charge in [0.05, 0.1) is 5.02 Å². The number of amides is 1. The van der Waals surface area contributed by atoms with E-state index in [1.807, 2.05) is 0 Å². The number of benzene rings is 1. The molecule has 0 fully saturated rings. The summed E-state index contributed by atoms with van der Waals surface area (Å²) in [5.74, 6) is -0.922. The molecule has 0 saturated carbocycles. The first-order valence-electron chi connectivity index (χ1n) is 7.17. The van der Waals surface area contributed by atoms with Crippen LogP contribution in [0.2, 0.25) is 5.02 Å².